The zero-order chi connectivity index (χ0) is 22.2. The number of benzene rings is 1. The van der Waals surface area contributed by atoms with Crippen molar-refractivity contribution in [2.75, 3.05) is 5.32 Å². The molecule has 0 radical (unpaired) electrons. The number of hydrogen-bond acceptors (Lipinski definition) is 6. The van der Waals surface area contributed by atoms with Crippen LogP contribution in [0.1, 0.15) is 20.3 Å². The molecule has 3 rings (SSSR count). The number of nitrogens with two attached hydrogens (primary N) is 1. The van der Waals surface area contributed by atoms with Crippen molar-refractivity contribution in [2.24, 2.45) is 5.73 Å². The lowest BCUT2D eigenvalue weighted by molar-refractivity contribution is -0.138. The van der Waals surface area contributed by atoms with Gasteiger partial charge in [0, 0.05) is 12.1 Å². The van der Waals surface area contributed by atoms with Crippen LogP contribution in [0.15, 0.2) is 18.5 Å². The van der Waals surface area contributed by atoms with E-state index in [1.54, 1.807) is 6.92 Å². The molecule has 30 heavy (non-hydrogen) atoms. The van der Waals surface area contributed by atoms with Crippen molar-refractivity contribution in [2.45, 2.75) is 38.7 Å². The van der Waals surface area contributed by atoms with E-state index >= 15 is 0 Å². The fourth-order valence-corrected chi connectivity index (χ4v) is 2.83. The second-order valence-electron chi connectivity index (χ2n) is 6.33. The molecule has 0 amide bonds. The maximum Gasteiger partial charge on any atom is 0.408 e. The average Bonchev–Trinajstić information content (AvgIpc) is 3.10. The van der Waals surface area contributed by atoms with Crippen LogP contribution in [0.3, 0.4) is 0 Å². The molecule has 0 saturated carbocycles. The van der Waals surface area contributed by atoms with E-state index in [1.807, 2.05) is 0 Å². The third kappa shape index (κ3) is 4.24. The van der Waals surface area contributed by atoms with Crippen LogP contribution in [0.5, 0.6) is 5.75 Å². The second-order valence-corrected chi connectivity index (χ2v) is 6.69. The largest absolute Gasteiger partial charge is 0.475 e. The monoisotopic (exact) mass is 450 g/mol. The Morgan fingerprint density at radius 1 is 1.23 bits per heavy atom. The highest BCUT2D eigenvalue weighted by molar-refractivity contribution is 6.33. The Balaban J connectivity index is 2.21. The van der Waals surface area contributed by atoms with E-state index in [-0.39, 0.29) is 11.5 Å². The maximum atomic E-state index is 14.9. The number of ether oxygens (including phenoxy) is 1. The summed E-state index contributed by atoms with van der Waals surface area (Å²) in [6.07, 6.45) is -4.06. The summed E-state index contributed by atoms with van der Waals surface area (Å²) < 4.78 is 75.2. The molecule has 0 fully saturated rings. The van der Waals surface area contributed by atoms with Crippen LogP contribution < -0.4 is 15.8 Å². The lowest BCUT2D eigenvalue weighted by atomic mass is 10.1. The molecule has 7 nitrogen and oxygen atoms in total. The second kappa shape index (κ2) is 8.19. The van der Waals surface area contributed by atoms with Crippen LogP contribution in [-0.4, -0.2) is 38.0 Å². The smallest absolute Gasteiger partial charge is 0.408 e. The van der Waals surface area contributed by atoms with Crippen LogP contribution in [0.2, 0.25) is 5.15 Å². The quantitative estimate of drug-likeness (QED) is 0.333. The highest BCUT2D eigenvalue weighted by Crippen LogP contribution is 2.39. The Labute approximate surface area is 172 Å². The molecule has 3 N–H and O–H groups in total. The number of hydrogen-bond donors (Lipinski definition) is 2. The van der Waals surface area contributed by atoms with Crippen molar-refractivity contribution in [3.05, 3.63) is 35.2 Å². The van der Waals surface area contributed by atoms with E-state index in [2.05, 4.69) is 20.4 Å². The van der Waals surface area contributed by atoms with Crippen molar-refractivity contribution >= 4 is 23.2 Å². The highest BCUT2D eigenvalue weighted by atomic mass is 35.5. The molecule has 13 heteroatoms. The number of fused-ring (bicyclic) bond motifs is 1. The molecular weight excluding hydrogens is 435 g/mol. The molecule has 1 unspecified atom stereocenters. The van der Waals surface area contributed by atoms with Gasteiger partial charge >= 0.3 is 6.18 Å². The Bertz CT molecular complexity index is 1050. The van der Waals surface area contributed by atoms with Crippen molar-refractivity contribution < 1.29 is 26.7 Å². The van der Waals surface area contributed by atoms with Gasteiger partial charge in [-0.25, -0.2) is 8.78 Å². The summed E-state index contributed by atoms with van der Waals surface area (Å²) in [6, 6.07) is -0.391. The lowest BCUT2D eigenvalue weighted by Crippen LogP contribution is -2.34. The number of aromatic nitrogens is 4. The topological polar surface area (TPSA) is 90.4 Å². The molecule has 2 heterocycles. The number of nitrogens with one attached hydrogen (secondary N) is 1. The van der Waals surface area contributed by atoms with Crippen LogP contribution in [0, 0.1) is 11.6 Å². The molecule has 0 bridgehead atoms. The molecule has 3 aromatic rings. The molecule has 1 aromatic carbocycles. The van der Waals surface area contributed by atoms with E-state index < -0.39 is 52.2 Å². The summed E-state index contributed by atoms with van der Waals surface area (Å²) in [6.45, 7) is 2.54. The average molecular weight is 451 g/mol. The van der Waals surface area contributed by atoms with Gasteiger partial charge in [-0.3, -0.25) is 5.73 Å². The Morgan fingerprint density at radius 3 is 2.43 bits per heavy atom. The molecule has 0 saturated heterocycles. The van der Waals surface area contributed by atoms with E-state index in [0.717, 1.165) is 29.9 Å². The van der Waals surface area contributed by atoms with Gasteiger partial charge < -0.3 is 10.1 Å². The summed E-state index contributed by atoms with van der Waals surface area (Å²) in [5.74, 6) is -3.05. The maximum absolute atomic E-state index is 14.9. The zero-order valence-corrected chi connectivity index (χ0v) is 16.4. The van der Waals surface area contributed by atoms with Crippen molar-refractivity contribution in [1.29, 1.82) is 0 Å². The predicted octanol–water partition coefficient (Wildman–Crippen LogP) is 4.16. The van der Waals surface area contributed by atoms with Gasteiger partial charge in [-0.2, -0.15) is 32.8 Å². The summed E-state index contributed by atoms with van der Waals surface area (Å²) in [5, 5.41) is 5.46. The van der Waals surface area contributed by atoms with Gasteiger partial charge in [0.1, 0.15) is 47.0 Å². The van der Waals surface area contributed by atoms with E-state index in [9.17, 15) is 22.0 Å². The van der Waals surface area contributed by atoms with E-state index in [0.29, 0.717) is 6.42 Å². The highest BCUT2D eigenvalue weighted by Gasteiger charge is 2.37. The van der Waals surface area contributed by atoms with Gasteiger partial charge in [0.2, 0.25) is 0 Å². The van der Waals surface area contributed by atoms with Crippen LogP contribution >= 0.6 is 11.6 Å². The molecule has 0 aliphatic rings. The minimum Gasteiger partial charge on any atom is -0.475 e. The molecular formula is C17H16ClF5N6O. The van der Waals surface area contributed by atoms with Gasteiger partial charge in [-0.05, 0) is 13.3 Å². The van der Waals surface area contributed by atoms with Gasteiger partial charge in [0.15, 0.2) is 0 Å². The first-order chi connectivity index (χ1) is 14.0. The van der Waals surface area contributed by atoms with Crippen LogP contribution in [0.4, 0.5) is 27.8 Å². The zero-order valence-electron chi connectivity index (χ0n) is 15.6. The Hall–Kier alpha value is -2.73. The minimum atomic E-state index is -4.66. The number of anilines is 1. The predicted molar refractivity (Wildman–Crippen MR) is 99.2 cm³/mol. The summed E-state index contributed by atoms with van der Waals surface area (Å²) in [7, 11) is 0. The third-order valence-corrected chi connectivity index (χ3v) is 4.46. The summed E-state index contributed by atoms with van der Waals surface area (Å²) >= 11 is 6.09. The minimum absolute atomic E-state index is 0.157. The lowest BCUT2D eigenvalue weighted by Gasteiger charge is -2.22. The Kier molecular flexibility index (Phi) is 5.99. The third-order valence-electron chi connectivity index (χ3n) is 4.18. The molecule has 2 atom stereocenters. The first-order valence-electron chi connectivity index (χ1n) is 8.67. The van der Waals surface area contributed by atoms with Crippen molar-refractivity contribution in [3.8, 4) is 16.9 Å². The first-order valence-corrected chi connectivity index (χ1v) is 9.04. The summed E-state index contributed by atoms with van der Waals surface area (Å²) in [4.78, 5) is 7.62. The van der Waals surface area contributed by atoms with Crippen molar-refractivity contribution in [3.63, 3.8) is 0 Å². The first kappa shape index (κ1) is 22.0. The summed E-state index contributed by atoms with van der Waals surface area (Å²) in [5.41, 5.74) is 4.45. The van der Waals surface area contributed by atoms with Gasteiger partial charge in [-0.15, -0.1) is 0 Å². The molecule has 162 valence electrons. The molecule has 0 aliphatic carbocycles. The number of nitrogens with zero attached hydrogens (tertiary/aromatic N) is 4. The van der Waals surface area contributed by atoms with E-state index in [1.165, 1.54) is 0 Å². The number of alkyl halides is 3. The standard InChI is InChI=1S/C17H16ClF5N6O/c1-3-11(24)30-8-4-9(19)12(10(20)5-8)13-14(18)28-16-25-6-26-29(16)15(13)27-7(2)17(21,22)23/h4-7,11,27H,3,24H2,1-2H3/t7-,11?/m0/s1. The molecule has 2 aromatic heterocycles. The van der Waals surface area contributed by atoms with Gasteiger partial charge in [0.05, 0.1) is 11.1 Å². The van der Waals surface area contributed by atoms with E-state index in [4.69, 9.17) is 22.1 Å². The van der Waals surface area contributed by atoms with Crippen molar-refractivity contribution in [1.82, 2.24) is 19.6 Å². The molecule has 0 aliphatic heterocycles. The number of halogens is 6. The molecule has 0 spiro atoms. The Morgan fingerprint density at radius 2 is 1.87 bits per heavy atom. The van der Waals surface area contributed by atoms with Gasteiger partial charge in [0.25, 0.3) is 5.78 Å². The number of rotatable bonds is 6. The normalized spacial score (nSPS) is 14.0. The van der Waals surface area contributed by atoms with Gasteiger partial charge in [-0.1, -0.05) is 18.5 Å². The van der Waals surface area contributed by atoms with Crippen LogP contribution in [0.25, 0.3) is 16.9 Å². The van der Waals surface area contributed by atoms with Crippen LogP contribution in [-0.2, 0) is 0 Å². The fourth-order valence-electron chi connectivity index (χ4n) is 2.57. The fraction of sp³-hybridized carbons (Fsp3) is 0.353. The SMILES string of the molecule is CCC(N)Oc1cc(F)c(-c2c(Cl)nc3ncnn3c2N[C@@H](C)C(F)(F)F)c(F)c1.